The van der Waals surface area contributed by atoms with Crippen molar-refractivity contribution in [3.8, 4) is 11.3 Å². The van der Waals surface area contributed by atoms with Crippen LogP contribution in [-0.4, -0.2) is 27.8 Å². The number of aromatic amines is 1. The van der Waals surface area contributed by atoms with Gasteiger partial charge in [0.25, 0.3) is 0 Å². The third-order valence-corrected chi connectivity index (χ3v) is 4.34. The summed E-state index contributed by atoms with van der Waals surface area (Å²) in [4.78, 5) is 11.3. The fourth-order valence-electron chi connectivity index (χ4n) is 2.78. The van der Waals surface area contributed by atoms with Gasteiger partial charge in [0.2, 0.25) is 0 Å². The molecule has 1 unspecified atom stereocenters. The Hall–Kier alpha value is -2.79. The molecule has 2 aromatic carbocycles. The van der Waals surface area contributed by atoms with Gasteiger partial charge in [-0.05, 0) is 12.1 Å². The number of carbonyl (C=O) groups is 1. The summed E-state index contributed by atoms with van der Waals surface area (Å²) in [5.74, 6) is -0.926. The highest BCUT2D eigenvalue weighted by Crippen LogP contribution is 2.33. The molecular formula is C19H18ClN3O2. The molecule has 0 aliphatic carbocycles. The van der Waals surface area contributed by atoms with Crippen LogP contribution in [0.5, 0.6) is 0 Å². The molecule has 1 heterocycles. The van der Waals surface area contributed by atoms with Gasteiger partial charge in [-0.25, -0.2) is 4.79 Å². The summed E-state index contributed by atoms with van der Waals surface area (Å²) in [6.45, 7) is 2.56. The fourth-order valence-corrected chi connectivity index (χ4v) is 3.10. The molecule has 0 fully saturated rings. The smallest absolute Gasteiger partial charge is 0.337 e. The second kappa shape index (κ2) is 7.40. The first-order valence-electron chi connectivity index (χ1n) is 7.93. The Bertz CT molecular complexity index is 877. The van der Waals surface area contributed by atoms with Gasteiger partial charge >= 0.3 is 5.97 Å². The molecule has 0 saturated carbocycles. The van der Waals surface area contributed by atoms with Gasteiger partial charge in [0.15, 0.2) is 0 Å². The lowest BCUT2D eigenvalue weighted by atomic mass is 9.97. The van der Waals surface area contributed by atoms with E-state index in [1.807, 2.05) is 37.3 Å². The van der Waals surface area contributed by atoms with Gasteiger partial charge in [-0.2, -0.15) is 5.10 Å². The first-order valence-corrected chi connectivity index (χ1v) is 8.31. The summed E-state index contributed by atoms with van der Waals surface area (Å²) in [6, 6.07) is 16.7. The first kappa shape index (κ1) is 17.0. The number of carboxylic acid groups (broad SMARTS) is 1. The van der Waals surface area contributed by atoms with Gasteiger partial charge in [0.1, 0.15) is 5.15 Å². The summed E-state index contributed by atoms with van der Waals surface area (Å²) in [7, 11) is 0. The lowest BCUT2D eigenvalue weighted by Gasteiger charge is -2.16. The minimum atomic E-state index is -0.956. The Kier molecular flexibility index (Phi) is 5.05. The number of nitrogens with zero attached hydrogens (tertiary/aromatic N) is 1. The van der Waals surface area contributed by atoms with Crippen molar-refractivity contribution in [3.05, 3.63) is 70.9 Å². The Morgan fingerprint density at radius 3 is 2.60 bits per heavy atom. The zero-order valence-corrected chi connectivity index (χ0v) is 14.4. The molecule has 25 heavy (non-hydrogen) atoms. The number of rotatable bonds is 6. The number of halogens is 1. The molecule has 0 amide bonds. The maximum Gasteiger partial charge on any atom is 0.337 e. The Morgan fingerprint density at radius 1 is 1.20 bits per heavy atom. The van der Waals surface area contributed by atoms with E-state index >= 15 is 0 Å². The van der Waals surface area contributed by atoms with Gasteiger partial charge in [-0.1, -0.05) is 61.0 Å². The number of benzene rings is 2. The Balaban J connectivity index is 1.82. The van der Waals surface area contributed by atoms with Crippen molar-refractivity contribution in [2.75, 3.05) is 11.9 Å². The summed E-state index contributed by atoms with van der Waals surface area (Å²) in [6.07, 6.45) is 0. The number of nitrogens with one attached hydrogen (secondary N) is 2. The minimum Gasteiger partial charge on any atom is -0.478 e. The van der Waals surface area contributed by atoms with Crippen molar-refractivity contribution >= 4 is 23.3 Å². The van der Waals surface area contributed by atoms with Crippen molar-refractivity contribution in [1.82, 2.24) is 10.2 Å². The van der Waals surface area contributed by atoms with Crippen molar-refractivity contribution in [2.24, 2.45) is 0 Å². The van der Waals surface area contributed by atoms with E-state index in [1.165, 1.54) is 0 Å². The topological polar surface area (TPSA) is 78.0 Å². The second-order valence-electron chi connectivity index (χ2n) is 5.80. The average Bonchev–Trinajstić information content (AvgIpc) is 3.02. The van der Waals surface area contributed by atoms with E-state index in [0.29, 0.717) is 17.4 Å². The van der Waals surface area contributed by atoms with Gasteiger partial charge in [0, 0.05) is 29.3 Å². The summed E-state index contributed by atoms with van der Waals surface area (Å²) >= 11 is 6.31. The summed E-state index contributed by atoms with van der Waals surface area (Å²) in [5, 5.41) is 20.1. The van der Waals surface area contributed by atoms with Gasteiger partial charge < -0.3 is 10.4 Å². The molecule has 1 atom stereocenters. The highest BCUT2D eigenvalue weighted by molar-refractivity contribution is 6.30. The average molecular weight is 356 g/mol. The molecule has 128 valence electrons. The molecule has 0 spiro atoms. The number of para-hydroxylation sites is 1. The number of aromatic nitrogens is 2. The van der Waals surface area contributed by atoms with E-state index in [-0.39, 0.29) is 11.5 Å². The standard InChI is InChI=1S/C19H18ClN3O2/c1-12(11-21-15-10-6-5-9-14(15)19(24)25)16-17(22-23-18(16)20)13-7-3-2-4-8-13/h2-10,12,21H,11H2,1H3,(H,22,23)(H,24,25). The van der Waals surface area contributed by atoms with Crippen LogP contribution >= 0.6 is 11.6 Å². The predicted octanol–water partition coefficient (Wildman–Crippen LogP) is 4.64. The summed E-state index contributed by atoms with van der Waals surface area (Å²) < 4.78 is 0. The number of anilines is 1. The lowest BCUT2D eigenvalue weighted by molar-refractivity contribution is 0.0698. The molecule has 0 aliphatic heterocycles. The van der Waals surface area contributed by atoms with Crippen LogP contribution < -0.4 is 5.32 Å². The van der Waals surface area contributed by atoms with Crippen LogP contribution in [-0.2, 0) is 0 Å². The SMILES string of the molecule is CC(CNc1ccccc1C(=O)O)c1c(-c2ccccc2)n[nH]c1Cl. The second-order valence-corrected chi connectivity index (χ2v) is 6.18. The molecule has 3 aromatic rings. The highest BCUT2D eigenvalue weighted by atomic mass is 35.5. The van der Waals surface area contributed by atoms with E-state index in [2.05, 4.69) is 15.5 Å². The molecule has 5 nitrogen and oxygen atoms in total. The third kappa shape index (κ3) is 3.67. The van der Waals surface area contributed by atoms with E-state index in [4.69, 9.17) is 11.6 Å². The maximum atomic E-state index is 11.3. The fraction of sp³-hybridized carbons (Fsp3) is 0.158. The molecule has 3 rings (SSSR count). The minimum absolute atomic E-state index is 0.0308. The number of carboxylic acids is 1. The van der Waals surface area contributed by atoms with Crippen molar-refractivity contribution in [2.45, 2.75) is 12.8 Å². The number of hydrogen-bond acceptors (Lipinski definition) is 3. The van der Waals surface area contributed by atoms with E-state index in [9.17, 15) is 9.90 Å². The van der Waals surface area contributed by atoms with Crippen LogP contribution in [0.3, 0.4) is 0 Å². The zero-order chi connectivity index (χ0) is 17.8. The third-order valence-electron chi connectivity index (χ3n) is 4.05. The molecule has 0 aliphatic rings. The van der Waals surface area contributed by atoms with Crippen LogP contribution in [0.1, 0.15) is 28.8 Å². The van der Waals surface area contributed by atoms with Crippen molar-refractivity contribution in [1.29, 1.82) is 0 Å². The van der Waals surface area contributed by atoms with E-state index in [1.54, 1.807) is 24.3 Å². The molecule has 0 saturated heterocycles. The van der Waals surface area contributed by atoms with Gasteiger partial charge in [0.05, 0.1) is 11.3 Å². The normalized spacial score (nSPS) is 11.9. The van der Waals surface area contributed by atoms with Crippen LogP contribution in [0, 0.1) is 0 Å². The number of aromatic carboxylic acids is 1. The molecule has 0 bridgehead atoms. The van der Waals surface area contributed by atoms with Gasteiger partial charge in [-0.15, -0.1) is 0 Å². The number of hydrogen-bond donors (Lipinski definition) is 3. The molecule has 0 radical (unpaired) electrons. The monoisotopic (exact) mass is 355 g/mol. The van der Waals surface area contributed by atoms with Crippen molar-refractivity contribution < 1.29 is 9.90 Å². The predicted molar refractivity (Wildman–Crippen MR) is 99.3 cm³/mol. The molecular weight excluding hydrogens is 338 g/mol. The van der Waals surface area contributed by atoms with E-state index in [0.717, 1.165) is 16.8 Å². The largest absolute Gasteiger partial charge is 0.478 e. The summed E-state index contributed by atoms with van der Waals surface area (Å²) in [5.41, 5.74) is 3.54. The van der Waals surface area contributed by atoms with E-state index < -0.39 is 5.97 Å². The van der Waals surface area contributed by atoms with Crippen LogP contribution in [0.25, 0.3) is 11.3 Å². The maximum absolute atomic E-state index is 11.3. The highest BCUT2D eigenvalue weighted by Gasteiger charge is 2.20. The number of H-pyrrole nitrogens is 1. The van der Waals surface area contributed by atoms with Gasteiger partial charge in [-0.3, -0.25) is 5.10 Å². The zero-order valence-electron chi connectivity index (χ0n) is 13.7. The van der Waals surface area contributed by atoms with Crippen LogP contribution in [0.4, 0.5) is 5.69 Å². The molecule has 6 heteroatoms. The van der Waals surface area contributed by atoms with Crippen molar-refractivity contribution in [3.63, 3.8) is 0 Å². The van der Waals surface area contributed by atoms with Crippen LogP contribution in [0.2, 0.25) is 5.15 Å². The first-order chi connectivity index (χ1) is 12.1. The quantitative estimate of drug-likeness (QED) is 0.601. The molecule has 3 N–H and O–H groups in total. The lowest BCUT2D eigenvalue weighted by Crippen LogP contribution is -2.13. The molecule has 1 aromatic heterocycles. The Labute approximate surface area is 150 Å². The Morgan fingerprint density at radius 2 is 1.88 bits per heavy atom. The van der Waals surface area contributed by atoms with Crippen LogP contribution in [0.15, 0.2) is 54.6 Å².